The fourth-order valence-electron chi connectivity index (χ4n) is 8.37. The summed E-state index contributed by atoms with van der Waals surface area (Å²) in [5, 5.41) is 5.65. The fourth-order valence-corrected chi connectivity index (χ4v) is 8.37. The van der Waals surface area contributed by atoms with Crippen LogP contribution in [0.5, 0.6) is 0 Å². The van der Waals surface area contributed by atoms with Crippen LogP contribution >= 0.6 is 0 Å². The Morgan fingerprint density at radius 3 is 2.38 bits per heavy atom. The van der Waals surface area contributed by atoms with E-state index in [2.05, 4.69) is 121 Å². The Morgan fingerprint density at radius 1 is 0.667 bits per heavy atom. The molecule has 0 N–H and O–H groups in total. The molecule has 0 bridgehead atoms. The summed E-state index contributed by atoms with van der Waals surface area (Å²) in [5.74, 6) is 1.11. The van der Waals surface area contributed by atoms with E-state index in [1.807, 2.05) is 0 Å². The van der Waals surface area contributed by atoms with Crippen LogP contribution in [0.4, 0.5) is 0 Å². The molecule has 0 aliphatic heterocycles. The van der Waals surface area contributed by atoms with Crippen LogP contribution in [0.2, 0.25) is 0 Å². The molecule has 0 saturated heterocycles. The fraction of sp³-hybridized carbons (Fsp3) is 0.190. The first-order valence-electron chi connectivity index (χ1n) is 15.8. The van der Waals surface area contributed by atoms with Gasteiger partial charge in [0.2, 0.25) is 0 Å². The van der Waals surface area contributed by atoms with Crippen LogP contribution in [-0.4, -0.2) is 0 Å². The average Bonchev–Trinajstić information content (AvgIpc) is 3.05. The third kappa shape index (κ3) is 3.68. The van der Waals surface area contributed by atoms with E-state index < -0.39 is 0 Å². The first kappa shape index (κ1) is 24.2. The lowest BCUT2D eigenvalue weighted by Crippen LogP contribution is -2.33. The third-order valence-electron chi connectivity index (χ3n) is 10.3. The third-order valence-corrected chi connectivity index (χ3v) is 10.3. The second-order valence-electron chi connectivity index (χ2n) is 12.6. The van der Waals surface area contributed by atoms with E-state index in [9.17, 15) is 0 Å². The van der Waals surface area contributed by atoms with Crippen LogP contribution < -0.4 is 10.4 Å². The van der Waals surface area contributed by atoms with Gasteiger partial charge in [0.05, 0.1) is 0 Å². The minimum Gasteiger partial charge on any atom is -0.0839 e. The van der Waals surface area contributed by atoms with Crippen LogP contribution in [0.15, 0.2) is 108 Å². The minimum atomic E-state index is 0.475. The van der Waals surface area contributed by atoms with Gasteiger partial charge in [-0.05, 0) is 121 Å². The molecule has 4 aromatic carbocycles. The van der Waals surface area contributed by atoms with E-state index >= 15 is 0 Å². The van der Waals surface area contributed by atoms with Gasteiger partial charge in [-0.1, -0.05) is 121 Å². The van der Waals surface area contributed by atoms with Gasteiger partial charge in [0.1, 0.15) is 0 Å². The zero-order valence-corrected chi connectivity index (χ0v) is 23.9. The van der Waals surface area contributed by atoms with E-state index in [-0.39, 0.29) is 0 Å². The predicted molar refractivity (Wildman–Crippen MR) is 179 cm³/mol. The topological polar surface area (TPSA) is 0 Å². The van der Waals surface area contributed by atoms with E-state index in [4.69, 9.17) is 0 Å². The van der Waals surface area contributed by atoms with Gasteiger partial charge in [-0.3, -0.25) is 0 Å². The number of benzene rings is 4. The van der Waals surface area contributed by atoms with Crippen LogP contribution in [0.25, 0.3) is 51.8 Å². The molecule has 0 nitrogen and oxygen atoms in total. The smallest absolute Gasteiger partial charge is 0.0101 e. The summed E-state index contributed by atoms with van der Waals surface area (Å²) in [7, 11) is 0. The van der Waals surface area contributed by atoms with Gasteiger partial charge in [0, 0.05) is 5.92 Å². The maximum Gasteiger partial charge on any atom is 0.0101 e. The zero-order valence-electron chi connectivity index (χ0n) is 23.9. The van der Waals surface area contributed by atoms with Crippen molar-refractivity contribution in [3.63, 3.8) is 0 Å². The summed E-state index contributed by atoms with van der Waals surface area (Å²) in [6, 6.07) is 25.2. The van der Waals surface area contributed by atoms with Crippen molar-refractivity contribution in [3.05, 3.63) is 147 Å². The summed E-state index contributed by atoms with van der Waals surface area (Å²) in [4.78, 5) is 0. The van der Waals surface area contributed by atoms with E-state index in [1.165, 1.54) is 83.3 Å². The highest BCUT2D eigenvalue weighted by molar-refractivity contribution is 6.07. The first-order chi connectivity index (χ1) is 20.8. The van der Waals surface area contributed by atoms with Gasteiger partial charge in [-0.15, -0.1) is 0 Å². The highest BCUT2D eigenvalue weighted by Crippen LogP contribution is 2.48. The quantitative estimate of drug-likeness (QED) is 0.239. The van der Waals surface area contributed by atoms with Crippen molar-refractivity contribution in [2.45, 2.75) is 44.4 Å². The molecule has 0 saturated carbocycles. The Balaban J connectivity index is 1.29. The van der Waals surface area contributed by atoms with Crippen molar-refractivity contribution in [2.75, 3.05) is 0 Å². The van der Waals surface area contributed by atoms with Crippen molar-refractivity contribution in [1.29, 1.82) is 0 Å². The number of hydrogen-bond donors (Lipinski definition) is 0. The molecule has 0 amide bonds. The first-order valence-corrected chi connectivity index (χ1v) is 15.8. The summed E-state index contributed by atoms with van der Waals surface area (Å²) in [5.41, 5.74) is 14.5. The number of fused-ring (bicyclic) bond motifs is 7. The maximum absolute atomic E-state index is 2.53. The monoisotopic (exact) mass is 538 g/mol. The van der Waals surface area contributed by atoms with E-state index in [1.54, 1.807) is 0 Å². The SMILES string of the molecule is C1=CCC2CC3C(=CC2=C1)C=Cc1c(-c2c4c(c(C5=Cc6ccccc6CC5)c5ccccc25)=CCCC=4)cccc13. The molecule has 0 fully saturated rings. The molecule has 0 spiro atoms. The van der Waals surface area contributed by atoms with Crippen molar-refractivity contribution < 1.29 is 0 Å². The Morgan fingerprint density at radius 2 is 1.48 bits per heavy atom. The second kappa shape index (κ2) is 9.57. The van der Waals surface area contributed by atoms with Crippen molar-refractivity contribution in [1.82, 2.24) is 0 Å². The molecule has 0 aromatic heterocycles. The average molecular weight is 539 g/mol. The number of hydrogen-bond acceptors (Lipinski definition) is 0. The molecule has 9 rings (SSSR count). The van der Waals surface area contributed by atoms with Crippen LogP contribution in [-0.2, 0) is 6.42 Å². The maximum atomic E-state index is 2.53. The van der Waals surface area contributed by atoms with Crippen LogP contribution in [0, 0.1) is 5.92 Å². The number of rotatable bonds is 2. The predicted octanol–water partition coefficient (Wildman–Crippen LogP) is 9.29. The van der Waals surface area contributed by atoms with Crippen molar-refractivity contribution in [3.8, 4) is 11.1 Å². The van der Waals surface area contributed by atoms with Crippen LogP contribution in [0.3, 0.4) is 0 Å². The Labute approximate surface area is 248 Å². The highest BCUT2D eigenvalue weighted by Gasteiger charge is 2.32. The van der Waals surface area contributed by atoms with E-state index in [0.29, 0.717) is 11.8 Å². The molecule has 0 radical (unpaired) electrons. The number of aryl methyl sites for hydroxylation is 1. The van der Waals surface area contributed by atoms with Gasteiger partial charge < -0.3 is 0 Å². The molecule has 0 heterocycles. The second-order valence-corrected chi connectivity index (χ2v) is 12.6. The minimum absolute atomic E-state index is 0.475. The van der Waals surface area contributed by atoms with Gasteiger partial charge >= 0.3 is 0 Å². The summed E-state index contributed by atoms with van der Waals surface area (Å²) in [6.07, 6.45) is 28.5. The van der Waals surface area contributed by atoms with Gasteiger partial charge in [0.25, 0.3) is 0 Å². The van der Waals surface area contributed by atoms with E-state index in [0.717, 1.165) is 32.1 Å². The summed E-state index contributed by atoms with van der Waals surface area (Å²) < 4.78 is 0. The highest BCUT2D eigenvalue weighted by atomic mass is 14.4. The molecule has 5 aliphatic rings. The molecule has 0 heteroatoms. The van der Waals surface area contributed by atoms with Gasteiger partial charge in [0.15, 0.2) is 0 Å². The molecule has 2 atom stereocenters. The lowest BCUT2D eigenvalue weighted by atomic mass is 9.69. The summed E-state index contributed by atoms with van der Waals surface area (Å²) in [6.45, 7) is 0. The molecule has 202 valence electrons. The lowest BCUT2D eigenvalue weighted by molar-refractivity contribution is 0.512. The molecular weight excluding hydrogens is 504 g/mol. The molecule has 5 aliphatic carbocycles. The number of allylic oxidation sites excluding steroid dienone is 8. The summed E-state index contributed by atoms with van der Waals surface area (Å²) >= 11 is 0. The molecule has 42 heavy (non-hydrogen) atoms. The Hall–Kier alpha value is -4.42. The Kier molecular flexibility index (Phi) is 5.51. The largest absolute Gasteiger partial charge is 0.0839 e. The standard InChI is InChI=1S/C42H34/c1-2-11-28-25-32(21-20-27(28)10-1)41-36-14-5-7-16-38(36)42(39-17-8-6-15-37(39)41)35-19-9-18-33-34(35)23-22-31-24-29-12-3-4-13-30(29)26-40(31)33/h1-5,7,9-12,14-19,22-25,30,40H,6,8,13,20-21,26H2. The van der Waals surface area contributed by atoms with Crippen molar-refractivity contribution in [2.24, 2.45) is 5.92 Å². The molecular formula is C42H34. The zero-order chi connectivity index (χ0) is 27.6. The van der Waals surface area contributed by atoms with Gasteiger partial charge in [-0.25, -0.2) is 0 Å². The molecule has 2 unspecified atom stereocenters. The molecule has 4 aromatic rings. The van der Waals surface area contributed by atoms with Crippen molar-refractivity contribution >= 4 is 40.6 Å². The normalized spacial score (nSPS) is 21.4. The lowest BCUT2D eigenvalue weighted by Gasteiger charge is -2.35. The Bertz CT molecular complexity index is 2090. The van der Waals surface area contributed by atoms with Gasteiger partial charge in [-0.2, -0.15) is 0 Å². The van der Waals surface area contributed by atoms with Crippen LogP contribution in [0.1, 0.15) is 65.8 Å².